The number of carbonyl (C=O) groups excluding carboxylic acids is 1. The van der Waals surface area contributed by atoms with Crippen LogP contribution in [0.1, 0.15) is 54.4 Å². The second-order valence-corrected chi connectivity index (χ2v) is 5.94. The number of rotatable bonds is 4. The molecule has 1 aliphatic rings. The Bertz CT molecular complexity index is 358. The smallest absolute Gasteiger partial charge is 0.157 e. The van der Waals surface area contributed by atoms with Crippen molar-refractivity contribution in [3.8, 4) is 0 Å². The molecule has 0 heterocycles. The molecule has 1 heteroatoms. The van der Waals surface area contributed by atoms with Crippen molar-refractivity contribution in [2.75, 3.05) is 0 Å². The van der Waals surface area contributed by atoms with Gasteiger partial charge < -0.3 is 0 Å². The van der Waals surface area contributed by atoms with Gasteiger partial charge in [0, 0.05) is 6.42 Å². The van der Waals surface area contributed by atoms with E-state index in [1.54, 1.807) is 0 Å². The zero-order valence-corrected chi connectivity index (χ0v) is 12.1. The van der Waals surface area contributed by atoms with Crippen LogP contribution < -0.4 is 0 Å². The van der Waals surface area contributed by atoms with Crippen LogP contribution in [0.3, 0.4) is 0 Å². The summed E-state index contributed by atoms with van der Waals surface area (Å²) in [6, 6.07) is 0. The van der Waals surface area contributed by atoms with Crippen molar-refractivity contribution < 1.29 is 4.79 Å². The summed E-state index contributed by atoms with van der Waals surface area (Å²) < 4.78 is 0. The van der Waals surface area contributed by atoms with Crippen LogP contribution in [0.25, 0.3) is 0 Å². The minimum absolute atomic E-state index is 0.269. The van der Waals surface area contributed by atoms with Crippen LogP contribution in [0, 0.1) is 17.3 Å². The molecule has 1 aliphatic carbocycles. The molecule has 0 aromatic heterocycles. The van der Waals surface area contributed by atoms with E-state index in [9.17, 15) is 4.79 Å². The lowest BCUT2D eigenvalue weighted by atomic mass is 9.71. The van der Waals surface area contributed by atoms with Gasteiger partial charge in [-0.2, -0.15) is 0 Å². The highest BCUT2D eigenvalue weighted by Gasteiger charge is 2.37. The SMILES string of the molecule is CCC(=O)/C(C)=C/C(C)C1CC=C(C)C1(C)C. The monoisotopic (exact) mass is 234 g/mol. The lowest BCUT2D eigenvalue weighted by molar-refractivity contribution is -0.115. The largest absolute Gasteiger partial charge is 0.295 e. The van der Waals surface area contributed by atoms with Gasteiger partial charge in [-0.25, -0.2) is 0 Å². The molecule has 0 aromatic rings. The van der Waals surface area contributed by atoms with Crippen molar-refractivity contribution in [2.24, 2.45) is 17.3 Å². The standard InChI is InChI=1S/C16H26O/c1-7-15(17)12(3)10-11(2)14-9-8-13(4)16(14,5)6/h8,10-11,14H,7,9H2,1-6H3/b12-10+. The van der Waals surface area contributed by atoms with E-state index in [0.29, 0.717) is 18.3 Å². The molecule has 0 saturated heterocycles. The molecule has 1 rings (SSSR count). The van der Waals surface area contributed by atoms with Crippen LogP contribution in [-0.4, -0.2) is 5.78 Å². The van der Waals surface area contributed by atoms with E-state index >= 15 is 0 Å². The number of ketones is 1. The molecule has 0 fully saturated rings. The highest BCUT2D eigenvalue weighted by molar-refractivity contribution is 5.94. The van der Waals surface area contributed by atoms with Crippen molar-refractivity contribution in [3.63, 3.8) is 0 Å². The molecule has 0 saturated carbocycles. The molecular formula is C16H26O. The topological polar surface area (TPSA) is 17.1 Å². The quantitative estimate of drug-likeness (QED) is 0.515. The van der Waals surface area contributed by atoms with Crippen molar-refractivity contribution in [2.45, 2.75) is 54.4 Å². The summed E-state index contributed by atoms with van der Waals surface area (Å²) in [6.07, 6.45) is 6.28. The highest BCUT2D eigenvalue weighted by Crippen LogP contribution is 2.47. The first-order valence-electron chi connectivity index (χ1n) is 6.69. The third-order valence-corrected chi connectivity index (χ3v) is 4.53. The minimum Gasteiger partial charge on any atom is -0.295 e. The van der Waals surface area contributed by atoms with Gasteiger partial charge >= 0.3 is 0 Å². The van der Waals surface area contributed by atoms with Gasteiger partial charge in [-0.1, -0.05) is 45.4 Å². The molecule has 1 nitrogen and oxygen atoms in total. The van der Waals surface area contributed by atoms with Gasteiger partial charge in [-0.15, -0.1) is 0 Å². The Morgan fingerprint density at radius 3 is 2.59 bits per heavy atom. The van der Waals surface area contributed by atoms with Crippen molar-refractivity contribution >= 4 is 5.78 Å². The van der Waals surface area contributed by atoms with E-state index in [1.807, 2.05) is 13.8 Å². The summed E-state index contributed by atoms with van der Waals surface area (Å²) in [4.78, 5) is 11.6. The fourth-order valence-electron chi connectivity index (χ4n) is 2.91. The fourth-order valence-corrected chi connectivity index (χ4v) is 2.91. The first-order valence-corrected chi connectivity index (χ1v) is 6.69. The van der Waals surface area contributed by atoms with Crippen LogP contribution in [-0.2, 0) is 4.79 Å². The average Bonchev–Trinajstić information content (AvgIpc) is 2.52. The van der Waals surface area contributed by atoms with Crippen molar-refractivity contribution in [1.82, 2.24) is 0 Å². The Morgan fingerprint density at radius 2 is 2.18 bits per heavy atom. The minimum atomic E-state index is 0.269. The van der Waals surface area contributed by atoms with Gasteiger partial charge in [0.1, 0.15) is 0 Å². The molecule has 2 atom stereocenters. The zero-order valence-electron chi connectivity index (χ0n) is 12.1. The Balaban J connectivity index is 2.80. The third kappa shape index (κ3) is 2.88. The summed E-state index contributed by atoms with van der Waals surface area (Å²) >= 11 is 0. The van der Waals surface area contributed by atoms with Crippen LogP contribution >= 0.6 is 0 Å². The molecule has 17 heavy (non-hydrogen) atoms. The maximum Gasteiger partial charge on any atom is 0.157 e. The van der Waals surface area contributed by atoms with Gasteiger partial charge in [0.2, 0.25) is 0 Å². The molecule has 0 radical (unpaired) electrons. The Morgan fingerprint density at radius 1 is 1.59 bits per heavy atom. The van der Waals surface area contributed by atoms with Gasteiger partial charge in [-0.05, 0) is 43.1 Å². The number of allylic oxidation sites excluding steroid dienone is 4. The molecule has 0 amide bonds. The maximum atomic E-state index is 11.6. The predicted molar refractivity (Wildman–Crippen MR) is 73.9 cm³/mol. The predicted octanol–water partition coefficient (Wildman–Crippen LogP) is 4.54. The van der Waals surface area contributed by atoms with Crippen molar-refractivity contribution in [1.29, 1.82) is 0 Å². The Labute approximate surface area is 106 Å². The molecule has 0 aromatic carbocycles. The van der Waals surface area contributed by atoms with Gasteiger partial charge in [0.25, 0.3) is 0 Å². The van der Waals surface area contributed by atoms with E-state index in [0.717, 1.165) is 12.0 Å². The normalized spacial score (nSPS) is 25.6. The van der Waals surface area contributed by atoms with Gasteiger partial charge in [-0.3, -0.25) is 4.79 Å². The summed E-state index contributed by atoms with van der Waals surface area (Å²) in [5, 5.41) is 0. The summed E-state index contributed by atoms with van der Waals surface area (Å²) in [6.45, 7) is 13.0. The molecule has 0 N–H and O–H groups in total. The third-order valence-electron chi connectivity index (χ3n) is 4.53. The first kappa shape index (κ1) is 14.2. The average molecular weight is 234 g/mol. The summed E-state index contributed by atoms with van der Waals surface area (Å²) in [7, 11) is 0. The number of Topliss-reactive ketones (excluding diaryl/α,β-unsaturated/α-hetero) is 1. The molecule has 0 spiro atoms. The lowest BCUT2D eigenvalue weighted by Gasteiger charge is -2.33. The molecule has 0 aliphatic heterocycles. The van der Waals surface area contributed by atoms with Crippen LogP contribution in [0.15, 0.2) is 23.3 Å². The Kier molecular flexibility index (Phi) is 4.35. The second kappa shape index (κ2) is 5.20. The van der Waals surface area contributed by atoms with Gasteiger partial charge in [0.05, 0.1) is 0 Å². The van der Waals surface area contributed by atoms with E-state index in [2.05, 4.69) is 39.8 Å². The molecular weight excluding hydrogens is 208 g/mol. The number of carbonyl (C=O) groups is 1. The van der Waals surface area contributed by atoms with Crippen LogP contribution in [0.4, 0.5) is 0 Å². The lowest BCUT2D eigenvalue weighted by Crippen LogP contribution is -2.25. The number of hydrogen-bond donors (Lipinski definition) is 0. The van der Waals surface area contributed by atoms with Crippen LogP contribution in [0.5, 0.6) is 0 Å². The maximum absolute atomic E-state index is 11.6. The fraction of sp³-hybridized carbons (Fsp3) is 0.688. The Hall–Kier alpha value is -0.850. The molecule has 2 unspecified atom stereocenters. The molecule has 96 valence electrons. The van der Waals surface area contributed by atoms with E-state index < -0.39 is 0 Å². The van der Waals surface area contributed by atoms with E-state index in [1.165, 1.54) is 5.57 Å². The first-order chi connectivity index (χ1) is 7.80. The zero-order chi connectivity index (χ0) is 13.2. The van der Waals surface area contributed by atoms with E-state index in [4.69, 9.17) is 0 Å². The second-order valence-electron chi connectivity index (χ2n) is 5.94. The summed E-state index contributed by atoms with van der Waals surface area (Å²) in [5.74, 6) is 1.37. The molecule has 0 bridgehead atoms. The van der Waals surface area contributed by atoms with Crippen LogP contribution in [0.2, 0.25) is 0 Å². The summed E-state index contributed by atoms with van der Waals surface area (Å²) in [5.41, 5.74) is 2.69. The number of hydrogen-bond acceptors (Lipinski definition) is 1. The van der Waals surface area contributed by atoms with E-state index in [-0.39, 0.29) is 11.2 Å². The van der Waals surface area contributed by atoms with Gasteiger partial charge in [0.15, 0.2) is 5.78 Å². The van der Waals surface area contributed by atoms with Crippen molar-refractivity contribution in [3.05, 3.63) is 23.3 Å². The highest BCUT2D eigenvalue weighted by atomic mass is 16.1.